The minimum atomic E-state index is -0.326. The van der Waals surface area contributed by atoms with E-state index in [2.05, 4.69) is 15.3 Å². The Kier molecular flexibility index (Phi) is 5.71. The predicted molar refractivity (Wildman–Crippen MR) is 88.1 cm³/mol. The number of anilines is 1. The average Bonchev–Trinajstić information content (AvgIpc) is 2.51. The van der Waals surface area contributed by atoms with Gasteiger partial charge in [-0.15, -0.1) is 0 Å². The van der Waals surface area contributed by atoms with Crippen molar-refractivity contribution in [1.29, 1.82) is 0 Å². The molecular weight excluding hydrogens is 323 g/mol. The molecule has 0 aromatic carbocycles. The van der Waals surface area contributed by atoms with E-state index in [0.29, 0.717) is 22.5 Å². The number of carbonyl (C=O) groups is 1. The highest BCUT2D eigenvalue weighted by Gasteiger charge is 2.18. The molecule has 22 heavy (non-hydrogen) atoms. The molecule has 116 valence electrons. The number of halogens is 2. The van der Waals surface area contributed by atoms with Crippen molar-refractivity contribution in [3.05, 3.63) is 52.4 Å². The summed E-state index contributed by atoms with van der Waals surface area (Å²) < 4.78 is 0. The van der Waals surface area contributed by atoms with Gasteiger partial charge in [-0.25, -0.2) is 9.97 Å². The maximum Gasteiger partial charge on any atom is 0.242 e. The Morgan fingerprint density at radius 1 is 1.23 bits per heavy atom. The van der Waals surface area contributed by atoms with Crippen molar-refractivity contribution in [3.63, 3.8) is 0 Å². The monoisotopic (exact) mass is 338 g/mol. The molecule has 1 N–H and O–H groups in total. The zero-order valence-corrected chi connectivity index (χ0v) is 13.8. The summed E-state index contributed by atoms with van der Waals surface area (Å²) in [6, 6.07) is 6.63. The van der Waals surface area contributed by atoms with Gasteiger partial charge in [0.05, 0.1) is 11.1 Å². The quantitative estimate of drug-likeness (QED) is 0.850. The van der Waals surface area contributed by atoms with Crippen LogP contribution in [0.4, 0.5) is 5.82 Å². The molecule has 0 radical (unpaired) electrons. The van der Waals surface area contributed by atoms with Crippen LogP contribution >= 0.6 is 23.2 Å². The molecule has 0 spiro atoms. The molecule has 0 aliphatic rings. The highest BCUT2D eigenvalue weighted by atomic mass is 35.5. The van der Waals surface area contributed by atoms with Crippen molar-refractivity contribution in [3.8, 4) is 0 Å². The summed E-state index contributed by atoms with van der Waals surface area (Å²) in [7, 11) is 1.87. The maximum absolute atomic E-state index is 12.2. The first-order chi connectivity index (χ1) is 10.5. The second kappa shape index (κ2) is 7.54. The normalized spacial score (nSPS) is 12.2. The molecule has 2 heterocycles. The molecule has 2 aromatic heterocycles. The van der Waals surface area contributed by atoms with E-state index in [-0.39, 0.29) is 11.9 Å². The van der Waals surface area contributed by atoms with Gasteiger partial charge in [-0.05, 0) is 37.7 Å². The Labute approximate surface area is 139 Å². The molecule has 1 amide bonds. The molecule has 2 rings (SSSR count). The van der Waals surface area contributed by atoms with Crippen LogP contribution in [0.2, 0.25) is 10.2 Å². The Morgan fingerprint density at radius 3 is 2.59 bits per heavy atom. The summed E-state index contributed by atoms with van der Waals surface area (Å²) in [5.74, 6) is 0.335. The first-order valence-electron chi connectivity index (χ1n) is 6.69. The number of likely N-dealkylation sites (N-methyl/N-ethyl adjacent to an activating group) is 1. The molecule has 0 saturated heterocycles. The van der Waals surface area contributed by atoms with Gasteiger partial charge in [-0.3, -0.25) is 9.69 Å². The first-order valence-corrected chi connectivity index (χ1v) is 7.44. The van der Waals surface area contributed by atoms with Crippen molar-refractivity contribution in [2.75, 3.05) is 12.4 Å². The number of nitrogens with one attached hydrogen (secondary N) is 1. The van der Waals surface area contributed by atoms with Gasteiger partial charge < -0.3 is 5.32 Å². The van der Waals surface area contributed by atoms with Crippen molar-refractivity contribution in [2.45, 2.75) is 19.5 Å². The van der Waals surface area contributed by atoms with Gasteiger partial charge in [0.1, 0.15) is 11.0 Å². The second-order valence-electron chi connectivity index (χ2n) is 4.93. The van der Waals surface area contributed by atoms with Crippen molar-refractivity contribution in [1.82, 2.24) is 14.9 Å². The molecule has 0 bridgehead atoms. The van der Waals surface area contributed by atoms with Crippen LogP contribution in [0.3, 0.4) is 0 Å². The summed E-state index contributed by atoms with van der Waals surface area (Å²) in [5.41, 5.74) is 0.983. The minimum absolute atomic E-state index is 0.140. The number of pyridine rings is 2. The smallest absolute Gasteiger partial charge is 0.242 e. The van der Waals surface area contributed by atoms with Crippen LogP contribution in [0.5, 0.6) is 0 Å². The number of nitrogens with zero attached hydrogens (tertiary/aromatic N) is 3. The van der Waals surface area contributed by atoms with Crippen LogP contribution in [-0.4, -0.2) is 33.9 Å². The molecule has 0 aliphatic carbocycles. The van der Waals surface area contributed by atoms with Crippen molar-refractivity contribution < 1.29 is 4.79 Å². The van der Waals surface area contributed by atoms with E-state index >= 15 is 0 Å². The second-order valence-corrected chi connectivity index (χ2v) is 5.75. The van der Waals surface area contributed by atoms with E-state index in [9.17, 15) is 4.79 Å². The number of amides is 1. The van der Waals surface area contributed by atoms with Crippen molar-refractivity contribution in [2.24, 2.45) is 0 Å². The van der Waals surface area contributed by atoms with Crippen LogP contribution in [0.15, 0.2) is 36.7 Å². The van der Waals surface area contributed by atoms with Crippen molar-refractivity contribution >= 4 is 34.9 Å². The lowest BCUT2D eigenvalue weighted by Crippen LogP contribution is -2.39. The van der Waals surface area contributed by atoms with Crippen LogP contribution < -0.4 is 5.32 Å². The third-order valence-electron chi connectivity index (χ3n) is 3.24. The Hall–Kier alpha value is -1.69. The number of aromatic nitrogens is 2. The van der Waals surface area contributed by atoms with Gasteiger partial charge in [-0.2, -0.15) is 0 Å². The van der Waals surface area contributed by atoms with E-state index < -0.39 is 0 Å². The molecule has 5 nitrogen and oxygen atoms in total. The zero-order valence-electron chi connectivity index (χ0n) is 12.3. The molecule has 0 saturated carbocycles. The number of carbonyl (C=O) groups excluding carboxylic acids is 1. The zero-order chi connectivity index (χ0) is 16.1. The van der Waals surface area contributed by atoms with Gasteiger partial charge in [0, 0.05) is 18.9 Å². The lowest BCUT2D eigenvalue weighted by molar-refractivity contribution is -0.120. The summed E-state index contributed by atoms with van der Waals surface area (Å²) in [6.45, 7) is 2.42. The predicted octanol–water partition coefficient (Wildman–Crippen LogP) is 3.24. The largest absolute Gasteiger partial charge is 0.309 e. The summed E-state index contributed by atoms with van der Waals surface area (Å²) in [4.78, 5) is 22.2. The van der Waals surface area contributed by atoms with Crippen LogP contribution in [0.1, 0.15) is 12.5 Å². The highest BCUT2D eigenvalue weighted by molar-refractivity contribution is 6.30. The standard InChI is InChI=1S/C15H16Cl2N4O/c1-10(15(22)20-14-6-4-12(16)8-19-14)21(2)9-11-3-5-13(17)18-7-11/h3-8,10H,9H2,1-2H3,(H,19,20,22). The van der Waals surface area contributed by atoms with Gasteiger partial charge in [0.15, 0.2) is 0 Å². The average molecular weight is 339 g/mol. The van der Waals surface area contributed by atoms with Crippen LogP contribution in [-0.2, 0) is 11.3 Å². The number of hydrogen-bond donors (Lipinski definition) is 1. The number of rotatable bonds is 5. The van der Waals surface area contributed by atoms with E-state index in [4.69, 9.17) is 23.2 Å². The van der Waals surface area contributed by atoms with Crippen LogP contribution in [0.25, 0.3) is 0 Å². The molecule has 1 atom stereocenters. The highest BCUT2D eigenvalue weighted by Crippen LogP contribution is 2.12. The summed E-state index contributed by atoms with van der Waals surface area (Å²) in [6.07, 6.45) is 3.19. The van der Waals surface area contributed by atoms with Gasteiger partial charge >= 0.3 is 0 Å². The molecule has 0 aliphatic heterocycles. The van der Waals surface area contributed by atoms with E-state index in [0.717, 1.165) is 5.56 Å². The van der Waals surface area contributed by atoms with Gasteiger partial charge in [0.25, 0.3) is 0 Å². The third-order valence-corrected chi connectivity index (χ3v) is 3.69. The van der Waals surface area contributed by atoms with Crippen LogP contribution in [0, 0.1) is 0 Å². The SMILES string of the molecule is CC(C(=O)Nc1ccc(Cl)cn1)N(C)Cc1ccc(Cl)nc1. The molecule has 1 unspecified atom stereocenters. The molecule has 7 heteroatoms. The third kappa shape index (κ3) is 4.66. The summed E-state index contributed by atoms with van der Waals surface area (Å²) >= 11 is 11.5. The fourth-order valence-electron chi connectivity index (χ4n) is 1.81. The van der Waals surface area contributed by atoms with Gasteiger partial charge in [-0.1, -0.05) is 29.3 Å². The Balaban J connectivity index is 1.94. The Morgan fingerprint density at radius 2 is 2.00 bits per heavy atom. The minimum Gasteiger partial charge on any atom is -0.309 e. The van der Waals surface area contributed by atoms with E-state index in [1.165, 1.54) is 6.20 Å². The fraction of sp³-hybridized carbons (Fsp3) is 0.267. The topological polar surface area (TPSA) is 58.1 Å². The molecule has 2 aromatic rings. The summed E-state index contributed by atoms with van der Waals surface area (Å²) in [5, 5.41) is 3.73. The first kappa shape index (κ1) is 16.7. The molecular formula is C15H16Cl2N4O. The van der Waals surface area contributed by atoms with E-state index in [1.807, 2.05) is 24.9 Å². The van der Waals surface area contributed by atoms with E-state index in [1.54, 1.807) is 24.4 Å². The maximum atomic E-state index is 12.2. The number of hydrogen-bond acceptors (Lipinski definition) is 4. The lowest BCUT2D eigenvalue weighted by Gasteiger charge is -2.23. The Bertz CT molecular complexity index is 631. The lowest BCUT2D eigenvalue weighted by atomic mass is 10.2. The molecule has 0 fully saturated rings. The fourth-order valence-corrected chi connectivity index (χ4v) is 2.03. The van der Waals surface area contributed by atoms with Gasteiger partial charge in [0.2, 0.25) is 5.91 Å².